The van der Waals surface area contributed by atoms with E-state index in [1.807, 2.05) is 121 Å². The maximum absolute atomic E-state index is 13.8. The van der Waals surface area contributed by atoms with Crippen molar-refractivity contribution in [2.24, 2.45) is 0 Å². The summed E-state index contributed by atoms with van der Waals surface area (Å²) in [4.78, 5) is 24.5. The van der Waals surface area contributed by atoms with E-state index < -0.39 is 34.8 Å². The van der Waals surface area contributed by atoms with Gasteiger partial charge in [-0.25, -0.2) is 0 Å². The van der Waals surface area contributed by atoms with Gasteiger partial charge in [0.2, 0.25) is 5.12 Å². The van der Waals surface area contributed by atoms with Crippen molar-refractivity contribution in [2.45, 2.75) is 56.3 Å². The molecule has 10 heteroatoms. The lowest BCUT2D eigenvalue weighted by atomic mass is 9.98. The summed E-state index contributed by atoms with van der Waals surface area (Å²) in [5.41, 5.74) is 3.27. The third-order valence-corrected chi connectivity index (χ3v) is 9.44. The number of ether oxygens (including phenoxy) is 5. The van der Waals surface area contributed by atoms with E-state index in [4.69, 9.17) is 23.7 Å². The number of carbonyl (C=O) groups excluding carboxylic acids is 1. The van der Waals surface area contributed by atoms with Crippen LogP contribution < -0.4 is 0 Å². The van der Waals surface area contributed by atoms with Gasteiger partial charge >= 0.3 is 0 Å². The fourth-order valence-electron chi connectivity index (χ4n) is 5.73. The maximum atomic E-state index is 13.8. The first-order valence-electron chi connectivity index (χ1n) is 16.7. The van der Waals surface area contributed by atoms with Crippen LogP contribution >= 0.6 is 11.8 Å². The number of benzene rings is 5. The van der Waals surface area contributed by atoms with Crippen LogP contribution in [0.4, 0.5) is 5.69 Å². The Morgan fingerprint density at radius 1 is 0.588 bits per heavy atom. The van der Waals surface area contributed by atoms with Crippen LogP contribution in [0, 0.1) is 10.1 Å². The van der Waals surface area contributed by atoms with Crippen LogP contribution in [-0.2, 0) is 50.1 Å². The Morgan fingerprint density at radius 3 is 1.49 bits per heavy atom. The van der Waals surface area contributed by atoms with Crippen LogP contribution in [0.1, 0.15) is 32.6 Å². The topological polar surface area (TPSA) is 106 Å². The third-order valence-electron chi connectivity index (χ3n) is 8.38. The maximum Gasteiger partial charge on any atom is 0.269 e. The van der Waals surface area contributed by atoms with E-state index >= 15 is 0 Å². The second-order valence-electron chi connectivity index (χ2n) is 12.0. The number of nitro benzene ring substituents is 1. The van der Waals surface area contributed by atoms with Gasteiger partial charge < -0.3 is 23.7 Å². The molecule has 0 saturated carbocycles. The van der Waals surface area contributed by atoms with Gasteiger partial charge in [-0.15, -0.1) is 0 Å². The highest BCUT2D eigenvalue weighted by atomic mass is 32.2. The monoisotopic (exact) mass is 705 g/mol. The number of hydrogen-bond donors (Lipinski definition) is 0. The summed E-state index contributed by atoms with van der Waals surface area (Å²) in [6.07, 6.45) is -2.72. The second-order valence-corrected chi connectivity index (χ2v) is 13.1. The second kappa shape index (κ2) is 18.5. The molecule has 262 valence electrons. The average molecular weight is 706 g/mol. The molecule has 6 rings (SSSR count). The molecule has 1 heterocycles. The lowest BCUT2D eigenvalue weighted by molar-refractivity contribution is -0.384. The molecule has 5 aromatic rings. The van der Waals surface area contributed by atoms with Crippen LogP contribution in [0.5, 0.6) is 0 Å². The molecule has 1 saturated heterocycles. The minimum absolute atomic E-state index is 0.0991. The molecule has 9 nitrogen and oxygen atoms in total. The van der Waals surface area contributed by atoms with Crippen molar-refractivity contribution >= 4 is 22.6 Å². The predicted molar refractivity (Wildman–Crippen MR) is 195 cm³/mol. The van der Waals surface area contributed by atoms with Gasteiger partial charge in [-0.3, -0.25) is 14.9 Å². The molecule has 0 amide bonds. The molecule has 51 heavy (non-hydrogen) atoms. The first-order chi connectivity index (χ1) is 25.0. The number of nitro groups is 1. The zero-order chi connectivity index (χ0) is 35.3. The first kappa shape index (κ1) is 36.1. The van der Waals surface area contributed by atoms with Gasteiger partial charge in [-0.2, -0.15) is 0 Å². The molecule has 0 aliphatic carbocycles. The fourth-order valence-corrected chi connectivity index (χ4v) is 6.78. The molecule has 0 N–H and O–H groups in total. The quantitative estimate of drug-likeness (QED) is 0.0743. The highest BCUT2D eigenvalue weighted by molar-refractivity contribution is 8.14. The van der Waals surface area contributed by atoms with E-state index in [0.717, 1.165) is 34.0 Å². The highest BCUT2D eigenvalue weighted by Crippen LogP contribution is 2.37. The lowest BCUT2D eigenvalue weighted by Crippen LogP contribution is -2.60. The van der Waals surface area contributed by atoms with E-state index in [1.54, 1.807) is 0 Å². The summed E-state index contributed by atoms with van der Waals surface area (Å²) >= 11 is 0.960. The molecular formula is C41H39NO8S. The van der Waals surface area contributed by atoms with Gasteiger partial charge in [0.1, 0.15) is 29.9 Å². The molecule has 0 bridgehead atoms. The highest BCUT2D eigenvalue weighted by Gasteiger charge is 2.49. The average Bonchev–Trinajstić information content (AvgIpc) is 3.18. The van der Waals surface area contributed by atoms with Crippen molar-refractivity contribution in [3.63, 3.8) is 0 Å². The van der Waals surface area contributed by atoms with Crippen LogP contribution in [0.3, 0.4) is 0 Å². The Kier molecular flexibility index (Phi) is 13.1. The SMILES string of the molecule is O=C(S[C@H]1O[C@H](COCc2ccccc2)[C@H](OCc2ccccc2)[C@H](OCc2ccccc2)[C@H]1OCc1ccccc1)c1ccc([N+](=O)[O-])cc1. The van der Waals surface area contributed by atoms with E-state index in [-0.39, 0.29) is 30.6 Å². The summed E-state index contributed by atoms with van der Waals surface area (Å²) in [6.45, 7) is 1.32. The molecule has 0 unspecified atom stereocenters. The lowest BCUT2D eigenvalue weighted by Gasteiger charge is -2.45. The fraction of sp³-hybridized carbons (Fsp3) is 0.244. The Balaban J connectivity index is 1.32. The number of non-ortho nitro benzene ring substituents is 1. The molecule has 1 aliphatic heterocycles. The Bertz CT molecular complexity index is 1800. The third kappa shape index (κ3) is 10.4. The van der Waals surface area contributed by atoms with Crippen molar-refractivity contribution in [1.29, 1.82) is 0 Å². The molecule has 0 radical (unpaired) electrons. The number of rotatable bonds is 16. The molecule has 0 spiro atoms. The summed E-state index contributed by atoms with van der Waals surface area (Å²) in [5.74, 6) is 0. The smallest absolute Gasteiger partial charge is 0.269 e. The minimum Gasteiger partial charge on any atom is -0.374 e. The minimum atomic E-state index is -0.834. The molecule has 5 atom stereocenters. The van der Waals surface area contributed by atoms with Crippen LogP contribution in [0.25, 0.3) is 0 Å². The summed E-state index contributed by atoms with van der Waals surface area (Å²) in [5, 5.41) is 10.9. The van der Waals surface area contributed by atoms with E-state index in [9.17, 15) is 14.9 Å². The van der Waals surface area contributed by atoms with E-state index in [0.29, 0.717) is 18.8 Å². The molecular weight excluding hydrogens is 667 g/mol. The van der Waals surface area contributed by atoms with E-state index in [2.05, 4.69) is 0 Å². The standard InChI is InChI=1S/C41H39NO8S/c43-40(34-21-23-35(24-22-34)42(44)45)51-41-39(49-28-33-19-11-4-12-20-33)38(48-27-32-17-9-3-10-18-32)37(47-26-31-15-7-2-8-16-31)36(50-41)29-46-25-30-13-5-1-6-14-30/h1-24,36-39,41H,25-29H2/t36-,37+,38+,39-,41-/m1/s1. The molecule has 5 aromatic carbocycles. The van der Waals surface area contributed by atoms with Crippen LogP contribution in [0.2, 0.25) is 0 Å². The molecule has 0 aromatic heterocycles. The van der Waals surface area contributed by atoms with E-state index in [1.165, 1.54) is 24.3 Å². The number of hydrogen-bond acceptors (Lipinski definition) is 9. The predicted octanol–water partition coefficient (Wildman–Crippen LogP) is 8.17. The zero-order valence-corrected chi connectivity index (χ0v) is 28.7. The van der Waals surface area contributed by atoms with Crippen LogP contribution in [0.15, 0.2) is 146 Å². The number of carbonyl (C=O) groups is 1. The summed E-state index contributed by atoms with van der Waals surface area (Å²) in [6, 6.07) is 44.9. The van der Waals surface area contributed by atoms with Gasteiger partial charge in [0.15, 0.2) is 0 Å². The molecule has 1 fully saturated rings. The van der Waals surface area contributed by atoms with Crippen LogP contribution in [-0.4, -0.2) is 46.5 Å². The van der Waals surface area contributed by atoms with Crippen molar-refractivity contribution in [2.75, 3.05) is 6.61 Å². The number of thioether (sulfide) groups is 1. The van der Waals surface area contributed by atoms with Gasteiger partial charge in [0.25, 0.3) is 5.69 Å². The summed E-state index contributed by atoms with van der Waals surface area (Å²) < 4.78 is 33.0. The van der Waals surface area contributed by atoms with Crippen molar-refractivity contribution in [1.82, 2.24) is 0 Å². The first-order valence-corrected chi connectivity index (χ1v) is 17.6. The zero-order valence-electron chi connectivity index (χ0n) is 27.9. The Morgan fingerprint density at radius 2 is 1.02 bits per heavy atom. The van der Waals surface area contributed by atoms with Gasteiger partial charge in [0, 0.05) is 17.7 Å². The van der Waals surface area contributed by atoms with Crippen molar-refractivity contribution in [3.05, 3.63) is 184 Å². The normalized spacial score (nSPS) is 20.1. The largest absolute Gasteiger partial charge is 0.374 e. The molecule has 1 aliphatic rings. The van der Waals surface area contributed by atoms with Crippen molar-refractivity contribution in [3.8, 4) is 0 Å². The Hall–Kier alpha value is -4.68. The van der Waals surface area contributed by atoms with Crippen molar-refractivity contribution < 1.29 is 33.4 Å². The van der Waals surface area contributed by atoms with Gasteiger partial charge in [0.05, 0.1) is 38.0 Å². The number of nitrogens with zero attached hydrogens (tertiary/aromatic N) is 1. The van der Waals surface area contributed by atoms with Gasteiger partial charge in [-0.05, 0) is 46.1 Å². The Labute approximate surface area is 301 Å². The summed E-state index contributed by atoms with van der Waals surface area (Å²) in [7, 11) is 0. The van der Waals surface area contributed by atoms with Gasteiger partial charge in [-0.1, -0.05) is 121 Å².